The number of ether oxygens (including phenoxy) is 2. The van der Waals surface area contributed by atoms with Gasteiger partial charge in [-0.15, -0.1) is 0 Å². The minimum Gasteiger partial charge on any atom is -0.462 e. The second kappa shape index (κ2) is 37.2. The third kappa shape index (κ3) is 37.0. The van der Waals surface area contributed by atoms with Gasteiger partial charge in [0.2, 0.25) is 0 Å². The lowest BCUT2D eigenvalue weighted by atomic mass is 10.1. The van der Waals surface area contributed by atoms with Crippen molar-refractivity contribution in [3.05, 3.63) is 60.8 Å². The summed E-state index contributed by atoms with van der Waals surface area (Å²) >= 11 is 0. The maximum atomic E-state index is 12.6. The lowest BCUT2D eigenvalue weighted by Gasteiger charge is -2.20. The molecule has 0 bridgehead atoms. The minimum atomic E-state index is -4.69. The Morgan fingerprint density at radius 3 is 1.80 bits per heavy atom. The summed E-state index contributed by atoms with van der Waals surface area (Å²) in [6.07, 6.45) is 32.5. The molecule has 0 spiro atoms. The van der Waals surface area contributed by atoms with Crippen LogP contribution < -0.4 is 0 Å². The van der Waals surface area contributed by atoms with Crippen LogP contribution in [0.1, 0.15) is 142 Å². The van der Waals surface area contributed by atoms with E-state index in [1.54, 1.807) is 36.5 Å². The fourth-order valence-corrected chi connectivity index (χ4v) is 5.85. The predicted octanol–water partition coefficient (Wildman–Crippen LogP) is 8.27. The van der Waals surface area contributed by atoms with E-state index in [0.29, 0.717) is 12.8 Å². The molecule has 0 saturated carbocycles. The summed E-state index contributed by atoms with van der Waals surface area (Å²) in [5, 5.41) is 38.6. The van der Waals surface area contributed by atoms with E-state index in [4.69, 9.17) is 19.1 Å². The number of allylic oxidation sites excluding steroid dienone is 7. The van der Waals surface area contributed by atoms with E-state index in [2.05, 4.69) is 36.6 Å². The fraction of sp³-hybridized carbons (Fsp3) is 0.714. The number of aliphatic hydroxyl groups is 4. The van der Waals surface area contributed by atoms with Crippen LogP contribution in [-0.2, 0) is 32.7 Å². The van der Waals surface area contributed by atoms with Crippen LogP contribution in [0.3, 0.4) is 0 Å². The largest absolute Gasteiger partial charge is 0.472 e. The van der Waals surface area contributed by atoms with Crippen LogP contribution in [0.4, 0.5) is 0 Å². The Bertz CT molecular complexity index is 1140. The van der Waals surface area contributed by atoms with Gasteiger partial charge in [0.15, 0.2) is 6.10 Å². The van der Waals surface area contributed by atoms with Gasteiger partial charge in [-0.05, 0) is 64.2 Å². The van der Waals surface area contributed by atoms with Crippen LogP contribution in [0.5, 0.6) is 0 Å². The van der Waals surface area contributed by atoms with Gasteiger partial charge in [0, 0.05) is 12.8 Å². The first-order valence-corrected chi connectivity index (χ1v) is 22.0. The average molecular weight is 801 g/mol. The van der Waals surface area contributed by atoms with Crippen molar-refractivity contribution in [2.24, 2.45) is 0 Å². The molecule has 0 heterocycles. The number of carbonyl (C=O) groups excluding carboxylic acids is 2. The van der Waals surface area contributed by atoms with Crippen molar-refractivity contribution in [2.45, 2.75) is 167 Å². The zero-order valence-electron chi connectivity index (χ0n) is 33.6. The number of hydrogen-bond acceptors (Lipinski definition) is 11. The molecule has 0 rings (SSSR count). The number of carbonyl (C=O) groups is 2. The normalized spacial score (nSPS) is 15.7. The lowest BCUT2D eigenvalue weighted by molar-refractivity contribution is -0.161. The van der Waals surface area contributed by atoms with Crippen LogP contribution >= 0.6 is 7.82 Å². The zero-order chi connectivity index (χ0) is 40.8. The Labute approximate surface area is 331 Å². The quantitative estimate of drug-likeness (QED) is 0.0133. The molecule has 5 N–H and O–H groups in total. The smallest absolute Gasteiger partial charge is 0.462 e. The molecule has 0 amide bonds. The summed E-state index contributed by atoms with van der Waals surface area (Å²) in [6, 6.07) is 0. The molecule has 0 aliphatic rings. The molecule has 0 radical (unpaired) electrons. The second-order valence-electron chi connectivity index (χ2n) is 13.7. The first-order valence-electron chi connectivity index (χ1n) is 20.5. The van der Waals surface area contributed by atoms with Gasteiger partial charge in [-0.25, -0.2) is 4.57 Å². The van der Waals surface area contributed by atoms with Gasteiger partial charge < -0.3 is 34.8 Å². The van der Waals surface area contributed by atoms with Crippen molar-refractivity contribution < 1.29 is 58.0 Å². The van der Waals surface area contributed by atoms with Crippen molar-refractivity contribution in [1.29, 1.82) is 0 Å². The highest BCUT2D eigenvalue weighted by Gasteiger charge is 2.27. The second-order valence-corrected chi connectivity index (χ2v) is 15.2. The molecule has 0 aromatic rings. The summed E-state index contributed by atoms with van der Waals surface area (Å²) in [5.41, 5.74) is 0. The number of phosphoric acid groups is 1. The highest BCUT2D eigenvalue weighted by Crippen LogP contribution is 2.43. The first kappa shape index (κ1) is 52.6. The van der Waals surface area contributed by atoms with Gasteiger partial charge >= 0.3 is 19.8 Å². The van der Waals surface area contributed by atoms with Crippen molar-refractivity contribution in [3.8, 4) is 0 Å². The number of rotatable bonds is 37. The van der Waals surface area contributed by atoms with E-state index < -0.39 is 70.6 Å². The third-order valence-electron chi connectivity index (χ3n) is 8.33. The van der Waals surface area contributed by atoms with E-state index in [1.807, 2.05) is 6.08 Å². The molecule has 0 aliphatic heterocycles. The predicted molar refractivity (Wildman–Crippen MR) is 217 cm³/mol. The highest BCUT2D eigenvalue weighted by atomic mass is 31.2. The van der Waals surface area contributed by atoms with Gasteiger partial charge in [0.05, 0.1) is 32.0 Å². The summed E-state index contributed by atoms with van der Waals surface area (Å²) in [5.74, 6) is -1.18. The molecule has 55 heavy (non-hydrogen) atoms. The van der Waals surface area contributed by atoms with Crippen molar-refractivity contribution in [2.75, 3.05) is 26.4 Å². The molecular formula is C42H73O12P. The summed E-state index contributed by atoms with van der Waals surface area (Å²) in [4.78, 5) is 34.9. The molecule has 0 aromatic heterocycles. The van der Waals surface area contributed by atoms with Crippen LogP contribution in [0.25, 0.3) is 0 Å². The summed E-state index contributed by atoms with van der Waals surface area (Å²) in [6.45, 7) is 1.98. The van der Waals surface area contributed by atoms with Gasteiger partial charge in [0.1, 0.15) is 12.7 Å². The number of aliphatic hydroxyl groups excluding tert-OH is 4. The van der Waals surface area contributed by atoms with Crippen molar-refractivity contribution >= 4 is 19.8 Å². The van der Waals surface area contributed by atoms with Crippen molar-refractivity contribution in [3.63, 3.8) is 0 Å². The van der Waals surface area contributed by atoms with Crippen LogP contribution in [-0.4, -0.2) is 88.1 Å². The Hall–Kier alpha value is -2.41. The first-order chi connectivity index (χ1) is 26.5. The molecule has 318 valence electrons. The van der Waals surface area contributed by atoms with E-state index in [1.165, 1.54) is 38.5 Å². The van der Waals surface area contributed by atoms with Crippen LogP contribution in [0.15, 0.2) is 60.8 Å². The molecule has 5 atom stereocenters. The van der Waals surface area contributed by atoms with Gasteiger partial charge in [-0.2, -0.15) is 0 Å². The van der Waals surface area contributed by atoms with Gasteiger partial charge in [0.25, 0.3) is 0 Å². The van der Waals surface area contributed by atoms with Crippen LogP contribution in [0, 0.1) is 0 Å². The highest BCUT2D eigenvalue weighted by molar-refractivity contribution is 7.47. The molecule has 0 fully saturated rings. The SMILES string of the molecule is CCCCC/C=C\C[C@H](O)/C=C/C=C/C=C\[C@H](O)CCCC(=O)O[C@H](COC(=O)CCCCCCC/C=C\CCCCCC)COP(=O)(O)OC[C@@H](O)CO. The van der Waals surface area contributed by atoms with Gasteiger partial charge in [-0.3, -0.25) is 18.6 Å². The van der Waals surface area contributed by atoms with E-state index in [0.717, 1.165) is 51.4 Å². The average Bonchev–Trinajstić information content (AvgIpc) is 3.16. The number of hydrogen-bond donors (Lipinski definition) is 5. The maximum Gasteiger partial charge on any atom is 0.472 e. The molecular weight excluding hydrogens is 727 g/mol. The topological polar surface area (TPSA) is 189 Å². The summed E-state index contributed by atoms with van der Waals surface area (Å²) in [7, 11) is -4.69. The minimum absolute atomic E-state index is 0.0798. The summed E-state index contributed by atoms with van der Waals surface area (Å²) < 4.78 is 32.4. The van der Waals surface area contributed by atoms with E-state index in [9.17, 15) is 34.4 Å². The molecule has 12 nitrogen and oxygen atoms in total. The van der Waals surface area contributed by atoms with E-state index in [-0.39, 0.29) is 25.7 Å². The van der Waals surface area contributed by atoms with Crippen LogP contribution in [0.2, 0.25) is 0 Å². The van der Waals surface area contributed by atoms with E-state index >= 15 is 0 Å². The molecule has 0 aliphatic carbocycles. The van der Waals surface area contributed by atoms with Crippen molar-refractivity contribution in [1.82, 2.24) is 0 Å². The molecule has 13 heteroatoms. The zero-order valence-corrected chi connectivity index (χ0v) is 34.5. The number of esters is 2. The number of phosphoric ester groups is 1. The number of unbranched alkanes of at least 4 members (excludes halogenated alkanes) is 12. The van der Waals surface area contributed by atoms with Gasteiger partial charge in [-0.1, -0.05) is 126 Å². The fourth-order valence-electron chi connectivity index (χ4n) is 5.06. The molecule has 0 aromatic carbocycles. The molecule has 1 unspecified atom stereocenters. The molecule has 0 saturated heterocycles. The third-order valence-corrected chi connectivity index (χ3v) is 9.29. The maximum absolute atomic E-state index is 12.6. The lowest BCUT2D eigenvalue weighted by Crippen LogP contribution is -2.30. The monoisotopic (exact) mass is 800 g/mol. The standard InChI is InChI=1S/C42H73O12P/c1-3-5-7-9-11-12-13-14-15-16-17-19-25-31-41(47)51-35-40(36-53-55(49,50)52-34-39(46)33-43)54-42(48)32-26-30-38(45)29-24-21-20-23-28-37(44)27-22-18-10-8-6-4-2/h12-13,18,20-24,28-29,37-40,43-46H,3-11,14-17,19,25-27,30-36H2,1-2H3,(H,49,50)/b13-12-,21-20+,22-18-,28-23+,29-24-/t37-,38-,39-,40+/m0/s1. The Kier molecular flexibility index (Phi) is 35.6. The Balaban J connectivity index is 4.64. The Morgan fingerprint density at radius 1 is 0.618 bits per heavy atom. The Morgan fingerprint density at radius 2 is 1.15 bits per heavy atom.